The lowest BCUT2D eigenvalue weighted by Crippen LogP contribution is -2.70. The van der Waals surface area contributed by atoms with E-state index in [4.69, 9.17) is 0 Å². The van der Waals surface area contributed by atoms with Gasteiger partial charge >= 0.3 is 22.1 Å². The lowest BCUT2D eigenvalue weighted by molar-refractivity contribution is -0.161. The number of anilines is 2. The number of fused-ring (bicyclic) bond motifs is 1. The molecule has 14 nitrogen and oxygen atoms in total. The van der Waals surface area contributed by atoms with Crippen LogP contribution in [0.25, 0.3) is 0 Å². The van der Waals surface area contributed by atoms with Crippen molar-refractivity contribution in [2.75, 3.05) is 11.4 Å². The summed E-state index contributed by atoms with van der Waals surface area (Å²) >= 11 is 1.28. The summed E-state index contributed by atoms with van der Waals surface area (Å²) in [5.74, 6) is -3.14. The van der Waals surface area contributed by atoms with Crippen molar-refractivity contribution < 1.29 is 42.2 Å². The van der Waals surface area contributed by atoms with E-state index in [1.807, 2.05) is 0 Å². The fourth-order valence-corrected chi connectivity index (χ4v) is 7.22. The van der Waals surface area contributed by atoms with Crippen LogP contribution in [-0.4, -0.2) is 82.6 Å². The average Bonchev–Trinajstić information content (AvgIpc) is 3.15. The van der Waals surface area contributed by atoms with Gasteiger partial charge in [0.15, 0.2) is 5.69 Å². The van der Waals surface area contributed by atoms with Gasteiger partial charge in [0, 0.05) is 10.9 Å². The molecule has 3 heterocycles. The number of aromatic nitrogens is 1. The van der Waals surface area contributed by atoms with Gasteiger partial charge in [0.2, 0.25) is 11.8 Å². The summed E-state index contributed by atoms with van der Waals surface area (Å²) in [6, 6.07) is 6.34. The number of carbonyl (C=O) groups is 4. The maximum absolute atomic E-state index is 12.9. The third-order valence-corrected chi connectivity index (χ3v) is 9.01. The van der Waals surface area contributed by atoms with Crippen LogP contribution in [0.5, 0.6) is 0 Å². The molecule has 2 fully saturated rings. The van der Waals surface area contributed by atoms with Gasteiger partial charge in [-0.15, -0.1) is 11.8 Å². The molecule has 2 saturated heterocycles. The molecule has 2 aliphatic rings. The molecule has 0 radical (unpaired) electrons. The Morgan fingerprint density at radius 1 is 1.27 bits per heavy atom. The van der Waals surface area contributed by atoms with Gasteiger partial charge < -0.3 is 20.1 Å². The first-order valence-corrected chi connectivity index (χ1v) is 13.9. The van der Waals surface area contributed by atoms with Gasteiger partial charge in [0.1, 0.15) is 17.5 Å². The average molecular weight is 590 g/mol. The fourth-order valence-electron chi connectivity index (χ4n) is 4.65. The van der Waals surface area contributed by atoms with E-state index in [-0.39, 0.29) is 23.5 Å². The largest absolute Gasteiger partial charge is 0.480 e. The van der Waals surface area contributed by atoms with Gasteiger partial charge in [-0.3, -0.25) is 9.59 Å². The first-order chi connectivity index (χ1) is 18.8. The Bertz CT molecular complexity index is 1560. The standard InChI is InChI=1S/C24H23N5O9S2/c1-24(2)19(22(33)34)28-20(32)18(21(28)39-24)27-16(31)11-13-6-4-7-14(10-13)29(40(36,37)26-12-30)15-8-5-9-25-17(15)23(35)38-3/h4-10,18-19,21H,11H2,1-3H3,(H,27,31)(H,33,34)/t18-,19+,21-/m1/s1. The van der Waals surface area contributed by atoms with Crippen LogP contribution in [0.2, 0.25) is 0 Å². The third-order valence-electron chi connectivity index (χ3n) is 6.27. The number of aliphatic carboxylic acids is 1. The van der Waals surface area contributed by atoms with Crippen LogP contribution in [-0.2, 0) is 40.5 Å². The summed E-state index contributed by atoms with van der Waals surface area (Å²) < 4.78 is 33.3. The van der Waals surface area contributed by atoms with Crippen LogP contribution in [0.15, 0.2) is 47.0 Å². The van der Waals surface area contributed by atoms with Crippen LogP contribution in [0.1, 0.15) is 29.9 Å². The molecule has 1 aromatic carbocycles. The fraction of sp³-hybridized carbons (Fsp3) is 0.333. The second-order valence-corrected chi connectivity index (χ2v) is 12.5. The van der Waals surface area contributed by atoms with E-state index in [2.05, 4.69) is 19.4 Å². The molecule has 0 bridgehead atoms. The Morgan fingerprint density at radius 3 is 2.65 bits per heavy atom. The number of carbonyl (C=O) groups excluding carboxylic acids is 4. The van der Waals surface area contributed by atoms with E-state index in [1.165, 1.54) is 59.3 Å². The predicted octanol–water partition coefficient (Wildman–Crippen LogP) is 0.761. The zero-order valence-corrected chi connectivity index (χ0v) is 22.9. The number of ether oxygens (including phenoxy) is 1. The molecule has 0 aliphatic carbocycles. The summed E-state index contributed by atoms with van der Waals surface area (Å²) in [6.45, 7) is 3.43. The maximum atomic E-state index is 12.9. The van der Waals surface area contributed by atoms with E-state index in [0.717, 1.165) is 13.2 Å². The second-order valence-electron chi connectivity index (χ2n) is 9.28. The first kappa shape index (κ1) is 28.7. The molecule has 1 aromatic heterocycles. The topological polar surface area (TPSA) is 193 Å². The molecule has 2 aromatic rings. The molecule has 0 saturated carbocycles. The van der Waals surface area contributed by atoms with Crippen LogP contribution >= 0.6 is 11.8 Å². The van der Waals surface area contributed by atoms with Crippen molar-refractivity contribution >= 4 is 63.2 Å². The summed E-state index contributed by atoms with van der Waals surface area (Å²) in [5, 5.41) is 11.6. The van der Waals surface area contributed by atoms with Gasteiger partial charge in [0.25, 0.3) is 6.08 Å². The van der Waals surface area contributed by atoms with Gasteiger partial charge in [-0.2, -0.15) is 8.42 Å². The van der Waals surface area contributed by atoms with Crippen molar-refractivity contribution in [3.05, 3.63) is 53.9 Å². The van der Waals surface area contributed by atoms with Crippen molar-refractivity contribution in [1.82, 2.24) is 15.2 Å². The molecule has 4 rings (SSSR count). The minimum absolute atomic E-state index is 0.0780. The number of β-lactam (4-membered cyclic amide) rings is 1. The Balaban J connectivity index is 1.59. The molecule has 2 amide bonds. The molecule has 16 heteroatoms. The van der Waals surface area contributed by atoms with Crippen LogP contribution in [0, 0.1) is 0 Å². The Labute approximate surface area is 232 Å². The Morgan fingerprint density at radius 2 is 2.00 bits per heavy atom. The summed E-state index contributed by atoms with van der Waals surface area (Å²) in [7, 11) is -3.67. The van der Waals surface area contributed by atoms with Crippen molar-refractivity contribution in [2.24, 2.45) is 4.40 Å². The van der Waals surface area contributed by atoms with Gasteiger partial charge in [-0.05, 0) is 43.7 Å². The van der Waals surface area contributed by atoms with Crippen molar-refractivity contribution in [2.45, 2.75) is 42.5 Å². The minimum atomic E-state index is -4.76. The van der Waals surface area contributed by atoms with E-state index >= 15 is 0 Å². The lowest BCUT2D eigenvalue weighted by atomic mass is 9.96. The number of amides is 2. The number of carboxylic acid groups (broad SMARTS) is 1. The number of esters is 1. The number of hydrogen-bond donors (Lipinski definition) is 2. The zero-order chi connectivity index (χ0) is 29.4. The number of isocyanates is 1. The molecule has 40 heavy (non-hydrogen) atoms. The number of pyridine rings is 1. The van der Waals surface area contributed by atoms with Crippen molar-refractivity contribution in [3.63, 3.8) is 0 Å². The van der Waals surface area contributed by atoms with Crippen LogP contribution in [0.4, 0.5) is 11.4 Å². The van der Waals surface area contributed by atoms with E-state index in [1.54, 1.807) is 13.8 Å². The number of hydrogen-bond acceptors (Lipinski definition) is 10. The van der Waals surface area contributed by atoms with E-state index in [0.29, 0.717) is 9.87 Å². The molecule has 0 spiro atoms. The number of thioether (sulfide) groups is 1. The quantitative estimate of drug-likeness (QED) is 0.182. The SMILES string of the molecule is COC(=O)c1ncccc1N(c1cccc(CC(=O)N[C@@H]2C(=O)N3[C@@H]2SC(C)(C)[C@@H]3C(=O)O)c1)S(=O)(=O)N=C=O. The number of nitrogens with one attached hydrogen (secondary N) is 1. The first-order valence-electron chi connectivity index (χ1n) is 11.6. The van der Waals surface area contributed by atoms with Crippen LogP contribution < -0.4 is 9.62 Å². The maximum Gasteiger partial charge on any atom is 0.359 e. The van der Waals surface area contributed by atoms with Crippen LogP contribution in [0.3, 0.4) is 0 Å². The summed E-state index contributed by atoms with van der Waals surface area (Å²) in [5.41, 5.74) is -0.391. The van der Waals surface area contributed by atoms with Crippen molar-refractivity contribution in [1.29, 1.82) is 0 Å². The molecular formula is C24H23N5O9S2. The highest BCUT2D eigenvalue weighted by Crippen LogP contribution is 2.50. The number of methoxy groups -OCH3 is 1. The highest BCUT2D eigenvalue weighted by atomic mass is 32.2. The number of nitrogens with zero attached hydrogens (tertiary/aromatic N) is 4. The molecule has 210 valence electrons. The highest BCUT2D eigenvalue weighted by molar-refractivity contribution is 8.01. The Hall–Kier alpha value is -4.27. The molecule has 2 aliphatic heterocycles. The van der Waals surface area contributed by atoms with E-state index < -0.39 is 56.2 Å². The van der Waals surface area contributed by atoms with Gasteiger partial charge in [-0.1, -0.05) is 16.5 Å². The van der Waals surface area contributed by atoms with Crippen molar-refractivity contribution in [3.8, 4) is 0 Å². The second kappa shape index (κ2) is 10.7. The third kappa shape index (κ3) is 5.15. The summed E-state index contributed by atoms with van der Waals surface area (Å²) in [6.07, 6.45) is 1.95. The minimum Gasteiger partial charge on any atom is -0.480 e. The molecule has 0 unspecified atom stereocenters. The molecular weight excluding hydrogens is 566 g/mol. The summed E-state index contributed by atoms with van der Waals surface area (Å²) in [4.78, 5) is 65.6. The smallest absolute Gasteiger partial charge is 0.359 e. The normalized spacial score (nSPS) is 20.9. The van der Waals surface area contributed by atoms with Gasteiger partial charge in [-0.25, -0.2) is 23.7 Å². The zero-order valence-electron chi connectivity index (χ0n) is 21.3. The Kier molecular flexibility index (Phi) is 7.70. The highest BCUT2D eigenvalue weighted by Gasteiger charge is 2.64. The number of benzene rings is 1. The predicted molar refractivity (Wildman–Crippen MR) is 141 cm³/mol. The van der Waals surface area contributed by atoms with Gasteiger partial charge in [0.05, 0.1) is 24.9 Å². The monoisotopic (exact) mass is 589 g/mol. The molecule has 2 N–H and O–H groups in total. The number of carboxylic acids is 1. The molecule has 3 atom stereocenters. The number of rotatable bonds is 9. The van der Waals surface area contributed by atoms with E-state index in [9.17, 15) is 37.5 Å². The lowest BCUT2D eigenvalue weighted by Gasteiger charge is -2.43.